The van der Waals surface area contributed by atoms with Crippen LogP contribution < -0.4 is 0 Å². The number of aromatic nitrogens is 6. The van der Waals surface area contributed by atoms with Crippen molar-refractivity contribution in [1.29, 1.82) is 0 Å². The van der Waals surface area contributed by atoms with Crippen LogP contribution in [0.5, 0.6) is 0 Å². The summed E-state index contributed by atoms with van der Waals surface area (Å²) in [5, 5.41) is 8.49. The van der Waals surface area contributed by atoms with Crippen LogP contribution in [0.1, 0.15) is 59.4 Å². The fourth-order valence-corrected chi connectivity index (χ4v) is 8.53. The topological polar surface area (TPSA) is 116 Å². The van der Waals surface area contributed by atoms with E-state index >= 15 is 0 Å². The van der Waals surface area contributed by atoms with Crippen LogP contribution in [0.3, 0.4) is 0 Å². The summed E-state index contributed by atoms with van der Waals surface area (Å²) in [5.41, 5.74) is -0.299. The molecule has 0 saturated heterocycles. The minimum Gasteiger partial charge on any atom is -0.291 e. The van der Waals surface area contributed by atoms with Gasteiger partial charge >= 0.3 is 6.18 Å². The SMILES string of the molecule is Cn1cc(S(=O)(=O)N(C2CC2)[C@H]2CCC3=Cc4c(cnn4-c4ccc(F)nc4)C[C@]3(C(=O)c3cc(C(F)(F)F)ccn3)C2)cn1. The molecule has 234 valence electrons. The highest BCUT2D eigenvalue weighted by atomic mass is 32.2. The molecule has 0 aromatic carbocycles. The molecule has 0 amide bonds. The maximum atomic E-state index is 14.5. The number of sulfonamides is 1. The van der Waals surface area contributed by atoms with Crippen LogP contribution in [0.25, 0.3) is 11.8 Å². The second kappa shape index (κ2) is 10.4. The van der Waals surface area contributed by atoms with Gasteiger partial charge in [-0.05, 0) is 74.4 Å². The molecule has 10 nitrogen and oxygen atoms in total. The molecule has 4 aromatic heterocycles. The number of carbonyl (C=O) groups excluding carboxylic acids is 1. The van der Waals surface area contributed by atoms with Crippen LogP contribution >= 0.6 is 0 Å². The number of rotatable bonds is 7. The van der Waals surface area contributed by atoms with E-state index in [1.807, 2.05) is 0 Å². The molecule has 0 unspecified atom stereocenters. The number of Topliss-reactive ketones (excluding diaryl/α,β-unsaturated/α-hetero) is 1. The Labute approximate surface area is 255 Å². The molecule has 2 saturated carbocycles. The highest BCUT2D eigenvalue weighted by molar-refractivity contribution is 7.89. The van der Waals surface area contributed by atoms with Gasteiger partial charge in [-0.15, -0.1) is 0 Å². The third-order valence-electron chi connectivity index (χ3n) is 8.87. The lowest BCUT2D eigenvalue weighted by Crippen LogP contribution is -2.51. The van der Waals surface area contributed by atoms with Gasteiger partial charge < -0.3 is 0 Å². The number of halogens is 4. The molecule has 0 radical (unpaired) electrons. The van der Waals surface area contributed by atoms with E-state index in [9.17, 15) is 30.8 Å². The second-order valence-corrected chi connectivity index (χ2v) is 13.6. The van der Waals surface area contributed by atoms with Crippen molar-refractivity contribution in [1.82, 2.24) is 33.8 Å². The summed E-state index contributed by atoms with van der Waals surface area (Å²) in [7, 11) is -2.37. The van der Waals surface area contributed by atoms with Gasteiger partial charge in [0.25, 0.3) is 0 Å². The van der Waals surface area contributed by atoms with Crippen LogP contribution in [0, 0.1) is 11.4 Å². The monoisotopic (exact) mass is 641 g/mol. The molecule has 0 spiro atoms. The first kappa shape index (κ1) is 29.5. The number of alkyl halides is 3. The number of ketones is 1. The Hall–Kier alpha value is -4.24. The Balaban J connectivity index is 1.33. The highest BCUT2D eigenvalue weighted by Crippen LogP contribution is 2.52. The van der Waals surface area contributed by atoms with E-state index in [0.29, 0.717) is 48.2 Å². The summed E-state index contributed by atoms with van der Waals surface area (Å²) in [6.07, 6.45) is 5.85. The number of hydrogen-bond acceptors (Lipinski definition) is 7. The van der Waals surface area contributed by atoms with Crippen molar-refractivity contribution >= 4 is 21.9 Å². The average molecular weight is 642 g/mol. The Morgan fingerprint density at radius 2 is 1.84 bits per heavy atom. The quantitative estimate of drug-likeness (QED) is 0.162. The fourth-order valence-electron chi connectivity index (χ4n) is 6.65. The zero-order valence-electron chi connectivity index (χ0n) is 23.9. The lowest BCUT2D eigenvalue weighted by molar-refractivity contribution is -0.137. The maximum Gasteiger partial charge on any atom is 0.416 e. The van der Waals surface area contributed by atoms with Crippen molar-refractivity contribution in [2.45, 2.75) is 61.7 Å². The van der Waals surface area contributed by atoms with E-state index in [4.69, 9.17) is 0 Å². The van der Waals surface area contributed by atoms with E-state index in [-0.39, 0.29) is 29.5 Å². The van der Waals surface area contributed by atoms with Gasteiger partial charge in [-0.2, -0.15) is 32.1 Å². The standard InChI is InChI=1S/C30H27F4N7O3S/c1-39-17-24(16-37-39)45(43,44)41(21-4-5-21)22-3-2-19-11-26-18(14-38-40(26)23-6-7-27(31)36-15-23)12-29(19,13-22)28(42)25-10-20(8-9-35-25)30(32,33)34/h6-11,14-17,21-22H,2-5,12-13H2,1H3/t22-,29-/m0/s1. The molecular weight excluding hydrogens is 614 g/mol. The normalized spacial score (nSPS) is 21.7. The van der Waals surface area contributed by atoms with E-state index in [1.54, 1.807) is 24.0 Å². The van der Waals surface area contributed by atoms with Crippen molar-refractivity contribution in [2.75, 3.05) is 0 Å². The first-order valence-corrected chi connectivity index (χ1v) is 15.8. The molecule has 7 rings (SSSR count). The number of pyridine rings is 2. The Kier molecular flexibility index (Phi) is 6.82. The summed E-state index contributed by atoms with van der Waals surface area (Å²) in [4.78, 5) is 22.3. The van der Waals surface area contributed by atoms with E-state index in [2.05, 4.69) is 20.2 Å². The summed E-state index contributed by atoms with van der Waals surface area (Å²) in [6, 6.07) is 3.43. The number of allylic oxidation sites excluding steroid dienone is 1. The summed E-state index contributed by atoms with van der Waals surface area (Å²) < 4.78 is 86.9. The summed E-state index contributed by atoms with van der Waals surface area (Å²) in [5.74, 6) is -1.27. The smallest absolute Gasteiger partial charge is 0.291 e. The molecule has 2 atom stereocenters. The van der Waals surface area contributed by atoms with Crippen LogP contribution in [0.2, 0.25) is 0 Å². The van der Waals surface area contributed by atoms with Gasteiger partial charge in [-0.25, -0.2) is 18.1 Å². The number of carbonyl (C=O) groups is 1. The van der Waals surface area contributed by atoms with Crippen LogP contribution in [0.15, 0.2) is 65.7 Å². The number of fused-ring (bicyclic) bond motifs is 2. The number of hydrogen-bond donors (Lipinski definition) is 0. The summed E-state index contributed by atoms with van der Waals surface area (Å²) in [6.45, 7) is 0. The maximum absolute atomic E-state index is 14.5. The van der Waals surface area contributed by atoms with Gasteiger partial charge in [0.1, 0.15) is 10.6 Å². The molecule has 45 heavy (non-hydrogen) atoms. The van der Waals surface area contributed by atoms with E-state index in [0.717, 1.165) is 18.3 Å². The zero-order chi connectivity index (χ0) is 31.7. The van der Waals surface area contributed by atoms with E-state index < -0.39 is 45.0 Å². The minimum atomic E-state index is -4.69. The highest BCUT2D eigenvalue weighted by Gasteiger charge is 2.54. The first-order chi connectivity index (χ1) is 21.4. The van der Waals surface area contributed by atoms with Gasteiger partial charge in [0.05, 0.1) is 41.0 Å². The largest absolute Gasteiger partial charge is 0.416 e. The van der Waals surface area contributed by atoms with Gasteiger partial charge in [0.15, 0.2) is 5.78 Å². The van der Waals surface area contributed by atoms with Crippen LogP contribution in [-0.2, 0) is 29.7 Å². The van der Waals surface area contributed by atoms with E-state index in [1.165, 1.54) is 39.7 Å². The minimum absolute atomic E-state index is 0.0401. The zero-order valence-corrected chi connectivity index (χ0v) is 24.8. The molecule has 3 aliphatic rings. The van der Waals surface area contributed by atoms with Crippen molar-refractivity contribution < 1.29 is 30.8 Å². The summed E-state index contributed by atoms with van der Waals surface area (Å²) >= 11 is 0. The van der Waals surface area contributed by atoms with Gasteiger partial charge in [0, 0.05) is 31.5 Å². The van der Waals surface area contributed by atoms with Gasteiger partial charge in [-0.1, -0.05) is 5.57 Å². The third-order valence-corrected chi connectivity index (χ3v) is 10.8. The molecule has 4 heterocycles. The predicted molar refractivity (Wildman–Crippen MR) is 152 cm³/mol. The first-order valence-electron chi connectivity index (χ1n) is 14.4. The van der Waals surface area contributed by atoms with Gasteiger partial charge in [0.2, 0.25) is 16.0 Å². The molecule has 3 aliphatic carbocycles. The third kappa shape index (κ3) is 5.07. The number of aryl methyl sites for hydroxylation is 1. The molecule has 0 aliphatic heterocycles. The molecule has 15 heteroatoms. The fraction of sp³-hybridized carbons (Fsp3) is 0.367. The second-order valence-electron chi connectivity index (χ2n) is 11.8. The van der Waals surface area contributed by atoms with Crippen molar-refractivity contribution in [3.05, 3.63) is 89.3 Å². The molecule has 0 N–H and O–H groups in total. The van der Waals surface area contributed by atoms with Crippen molar-refractivity contribution in [3.63, 3.8) is 0 Å². The predicted octanol–water partition coefficient (Wildman–Crippen LogP) is 4.77. The Bertz CT molecular complexity index is 1950. The number of nitrogens with zero attached hydrogens (tertiary/aromatic N) is 7. The van der Waals surface area contributed by atoms with Gasteiger partial charge in [-0.3, -0.25) is 14.5 Å². The lowest BCUT2D eigenvalue weighted by atomic mass is 9.60. The molecule has 0 bridgehead atoms. The lowest BCUT2D eigenvalue weighted by Gasteiger charge is -2.46. The molecule has 2 fully saturated rings. The molecular formula is C30H27F4N7O3S. The average Bonchev–Trinajstić information content (AvgIpc) is 3.59. The van der Waals surface area contributed by atoms with Crippen molar-refractivity contribution in [2.24, 2.45) is 12.5 Å². The Morgan fingerprint density at radius 3 is 2.51 bits per heavy atom. The van der Waals surface area contributed by atoms with Crippen molar-refractivity contribution in [3.8, 4) is 5.69 Å². The van der Waals surface area contributed by atoms with Crippen LogP contribution in [-0.4, -0.2) is 60.1 Å². The van der Waals surface area contributed by atoms with Crippen LogP contribution in [0.4, 0.5) is 17.6 Å². The Morgan fingerprint density at radius 1 is 1.04 bits per heavy atom. The molecule has 4 aromatic rings.